The first-order valence-electron chi connectivity index (χ1n) is 6.78. The maximum absolute atomic E-state index is 11.5. The van der Waals surface area contributed by atoms with E-state index in [0.717, 1.165) is 5.92 Å². The number of hydrogen-bond donors (Lipinski definition) is 2. The lowest BCUT2D eigenvalue weighted by Crippen LogP contribution is -2.42. The Morgan fingerprint density at radius 2 is 1.88 bits per heavy atom. The molecule has 3 heteroatoms. The zero-order chi connectivity index (χ0) is 11.4. The lowest BCUT2D eigenvalue weighted by Gasteiger charge is -2.28. The van der Waals surface area contributed by atoms with Gasteiger partial charge in [0.1, 0.15) is 0 Å². The van der Waals surface area contributed by atoms with E-state index in [1.807, 2.05) is 0 Å². The average molecular weight is 224 g/mol. The summed E-state index contributed by atoms with van der Waals surface area (Å²) in [5.41, 5.74) is 0. The van der Waals surface area contributed by atoms with E-state index < -0.39 is 0 Å². The van der Waals surface area contributed by atoms with Crippen LogP contribution < -0.4 is 10.6 Å². The number of amides is 1. The van der Waals surface area contributed by atoms with Crippen LogP contribution in [-0.4, -0.2) is 24.5 Å². The van der Waals surface area contributed by atoms with Gasteiger partial charge in [-0.25, -0.2) is 0 Å². The molecule has 0 heterocycles. The van der Waals surface area contributed by atoms with Crippen LogP contribution in [0.1, 0.15) is 51.9 Å². The van der Waals surface area contributed by atoms with Crippen molar-refractivity contribution in [3.05, 3.63) is 0 Å². The summed E-state index contributed by atoms with van der Waals surface area (Å²) in [6.07, 6.45) is 9.13. The molecule has 2 saturated carbocycles. The molecule has 2 fully saturated rings. The molecular weight excluding hydrogens is 200 g/mol. The Labute approximate surface area is 98.4 Å². The van der Waals surface area contributed by atoms with Gasteiger partial charge < -0.3 is 10.6 Å². The molecule has 0 aromatic carbocycles. The maximum atomic E-state index is 11.5. The van der Waals surface area contributed by atoms with Crippen molar-refractivity contribution in [2.75, 3.05) is 6.54 Å². The summed E-state index contributed by atoms with van der Waals surface area (Å²) in [6.45, 7) is 2.72. The molecule has 0 aromatic rings. The molecular formula is C13H24N2O. The number of hydrogen-bond acceptors (Lipinski definition) is 2. The van der Waals surface area contributed by atoms with Gasteiger partial charge in [0.15, 0.2) is 0 Å². The highest BCUT2D eigenvalue weighted by molar-refractivity contribution is 5.78. The van der Waals surface area contributed by atoms with Gasteiger partial charge in [0.25, 0.3) is 0 Å². The van der Waals surface area contributed by atoms with Crippen molar-refractivity contribution in [3.63, 3.8) is 0 Å². The molecule has 2 N–H and O–H groups in total. The Bertz CT molecular complexity index is 232. The fraction of sp³-hybridized carbons (Fsp3) is 0.923. The van der Waals surface area contributed by atoms with Crippen molar-refractivity contribution in [1.82, 2.24) is 10.6 Å². The second-order valence-corrected chi connectivity index (χ2v) is 5.41. The Morgan fingerprint density at radius 3 is 2.50 bits per heavy atom. The molecule has 2 aliphatic rings. The molecule has 0 aromatic heterocycles. The standard InChI is InChI=1S/C13H24N2O/c1-10(11-5-3-2-4-6-11)14-9-13(16)15-12-7-8-12/h10-12,14H,2-9H2,1H3,(H,15,16). The summed E-state index contributed by atoms with van der Waals surface area (Å²) in [7, 11) is 0. The van der Waals surface area contributed by atoms with Crippen molar-refractivity contribution in [2.24, 2.45) is 5.92 Å². The quantitative estimate of drug-likeness (QED) is 0.748. The summed E-state index contributed by atoms with van der Waals surface area (Å²) >= 11 is 0. The fourth-order valence-electron chi connectivity index (χ4n) is 2.56. The Kier molecular flexibility index (Phi) is 4.22. The first-order chi connectivity index (χ1) is 7.75. The van der Waals surface area contributed by atoms with E-state index in [2.05, 4.69) is 17.6 Å². The zero-order valence-corrected chi connectivity index (χ0v) is 10.3. The van der Waals surface area contributed by atoms with Crippen LogP contribution in [0, 0.1) is 5.92 Å². The summed E-state index contributed by atoms with van der Waals surface area (Å²) in [6, 6.07) is 0.976. The van der Waals surface area contributed by atoms with Crippen LogP contribution in [0.25, 0.3) is 0 Å². The van der Waals surface area contributed by atoms with E-state index in [1.165, 1.54) is 44.9 Å². The van der Waals surface area contributed by atoms with Crippen molar-refractivity contribution in [2.45, 2.75) is 64.0 Å². The third-order valence-corrected chi connectivity index (χ3v) is 3.88. The van der Waals surface area contributed by atoms with Gasteiger partial charge in [-0.15, -0.1) is 0 Å². The molecule has 0 aliphatic heterocycles. The normalized spacial score (nSPS) is 24.1. The maximum Gasteiger partial charge on any atom is 0.234 e. The third kappa shape index (κ3) is 3.78. The smallest absolute Gasteiger partial charge is 0.234 e. The van der Waals surface area contributed by atoms with Crippen LogP contribution in [0.4, 0.5) is 0 Å². The van der Waals surface area contributed by atoms with Crippen molar-refractivity contribution in [3.8, 4) is 0 Å². The highest BCUT2D eigenvalue weighted by atomic mass is 16.2. The van der Waals surface area contributed by atoms with Crippen LogP contribution in [0.15, 0.2) is 0 Å². The van der Waals surface area contributed by atoms with E-state index in [9.17, 15) is 4.79 Å². The minimum atomic E-state index is 0.171. The topological polar surface area (TPSA) is 41.1 Å². The SMILES string of the molecule is CC(NCC(=O)NC1CC1)C1CCCCC1. The van der Waals surface area contributed by atoms with E-state index in [0.29, 0.717) is 18.6 Å². The predicted molar refractivity (Wildman–Crippen MR) is 65.2 cm³/mol. The van der Waals surface area contributed by atoms with E-state index in [1.54, 1.807) is 0 Å². The summed E-state index contributed by atoms with van der Waals surface area (Å²) in [5, 5.41) is 6.38. The molecule has 2 aliphatic carbocycles. The van der Waals surface area contributed by atoms with Gasteiger partial charge in [0.2, 0.25) is 5.91 Å². The molecule has 2 rings (SSSR count). The Balaban J connectivity index is 1.61. The lowest BCUT2D eigenvalue weighted by atomic mass is 9.84. The molecule has 92 valence electrons. The molecule has 3 nitrogen and oxygen atoms in total. The monoisotopic (exact) mass is 224 g/mol. The van der Waals surface area contributed by atoms with Crippen LogP contribution in [-0.2, 0) is 4.79 Å². The predicted octanol–water partition coefficient (Wildman–Crippen LogP) is 1.82. The minimum Gasteiger partial charge on any atom is -0.352 e. The van der Waals surface area contributed by atoms with Gasteiger partial charge in [-0.05, 0) is 38.5 Å². The molecule has 0 radical (unpaired) electrons. The largest absolute Gasteiger partial charge is 0.352 e. The summed E-state index contributed by atoms with van der Waals surface area (Å²) in [4.78, 5) is 11.5. The van der Waals surface area contributed by atoms with E-state index in [-0.39, 0.29) is 5.91 Å². The molecule has 1 atom stereocenters. The molecule has 0 bridgehead atoms. The van der Waals surface area contributed by atoms with Crippen LogP contribution >= 0.6 is 0 Å². The second-order valence-electron chi connectivity index (χ2n) is 5.41. The molecule has 1 amide bonds. The molecule has 1 unspecified atom stereocenters. The summed E-state index contributed by atoms with van der Waals surface area (Å²) in [5.74, 6) is 0.952. The van der Waals surface area contributed by atoms with E-state index >= 15 is 0 Å². The second kappa shape index (κ2) is 5.67. The molecule has 0 saturated heterocycles. The first-order valence-corrected chi connectivity index (χ1v) is 6.78. The number of carbonyl (C=O) groups is 1. The average Bonchev–Trinajstić information content (AvgIpc) is 3.11. The highest BCUT2D eigenvalue weighted by Gasteiger charge is 2.24. The van der Waals surface area contributed by atoms with Gasteiger partial charge in [-0.2, -0.15) is 0 Å². The van der Waals surface area contributed by atoms with Gasteiger partial charge in [-0.3, -0.25) is 4.79 Å². The van der Waals surface area contributed by atoms with E-state index in [4.69, 9.17) is 0 Å². The molecule has 0 spiro atoms. The van der Waals surface area contributed by atoms with Crippen molar-refractivity contribution in [1.29, 1.82) is 0 Å². The van der Waals surface area contributed by atoms with Crippen molar-refractivity contribution >= 4 is 5.91 Å². The third-order valence-electron chi connectivity index (χ3n) is 3.88. The summed E-state index contributed by atoms with van der Waals surface area (Å²) < 4.78 is 0. The Morgan fingerprint density at radius 1 is 1.19 bits per heavy atom. The van der Waals surface area contributed by atoms with Gasteiger partial charge >= 0.3 is 0 Å². The van der Waals surface area contributed by atoms with Crippen LogP contribution in [0.3, 0.4) is 0 Å². The number of rotatable bonds is 5. The van der Waals surface area contributed by atoms with Crippen molar-refractivity contribution < 1.29 is 4.79 Å². The first kappa shape index (κ1) is 11.9. The number of nitrogens with one attached hydrogen (secondary N) is 2. The zero-order valence-electron chi connectivity index (χ0n) is 10.3. The highest BCUT2D eigenvalue weighted by Crippen LogP contribution is 2.26. The Hall–Kier alpha value is -0.570. The fourth-order valence-corrected chi connectivity index (χ4v) is 2.56. The number of carbonyl (C=O) groups excluding carboxylic acids is 1. The van der Waals surface area contributed by atoms with Gasteiger partial charge in [0.05, 0.1) is 6.54 Å². The van der Waals surface area contributed by atoms with Crippen LogP contribution in [0.5, 0.6) is 0 Å². The minimum absolute atomic E-state index is 0.171. The lowest BCUT2D eigenvalue weighted by molar-refractivity contribution is -0.120. The van der Waals surface area contributed by atoms with Gasteiger partial charge in [0, 0.05) is 12.1 Å². The van der Waals surface area contributed by atoms with Crippen LogP contribution in [0.2, 0.25) is 0 Å². The van der Waals surface area contributed by atoms with Gasteiger partial charge in [-0.1, -0.05) is 19.3 Å². The molecule has 16 heavy (non-hydrogen) atoms.